The number of nitro benzene ring substituents is 1. The van der Waals surface area contributed by atoms with Crippen molar-refractivity contribution in [2.75, 3.05) is 0 Å². The molecule has 1 atom stereocenters. The molecule has 0 aliphatic rings. The van der Waals surface area contributed by atoms with Gasteiger partial charge in [0.2, 0.25) is 0 Å². The molecule has 23 heavy (non-hydrogen) atoms. The summed E-state index contributed by atoms with van der Waals surface area (Å²) in [6.07, 6.45) is 1.94. The number of fused-ring (bicyclic) bond motifs is 1. The lowest BCUT2D eigenvalue weighted by atomic mass is 10.0. The number of pyridine rings is 1. The Bertz CT molecular complexity index is 936. The average molecular weight is 306 g/mol. The van der Waals surface area contributed by atoms with Crippen molar-refractivity contribution in [1.29, 1.82) is 5.26 Å². The summed E-state index contributed by atoms with van der Waals surface area (Å²) in [6, 6.07) is 12.3. The van der Waals surface area contributed by atoms with Crippen molar-refractivity contribution in [1.82, 2.24) is 9.38 Å². The number of benzene rings is 1. The molecule has 0 bridgehead atoms. The van der Waals surface area contributed by atoms with E-state index < -0.39 is 4.92 Å². The Morgan fingerprint density at radius 2 is 1.96 bits per heavy atom. The number of nitrogens with zero attached hydrogens (tertiary/aromatic N) is 4. The molecule has 0 N–H and O–H groups in total. The van der Waals surface area contributed by atoms with Gasteiger partial charge in [-0.05, 0) is 37.6 Å². The first-order valence-electron chi connectivity index (χ1n) is 7.14. The molecule has 0 spiro atoms. The zero-order valence-corrected chi connectivity index (χ0v) is 12.7. The predicted molar refractivity (Wildman–Crippen MR) is 86.0 cm³/mol. The Labute approximate surface area is 132 Å². The molecule has 6 nitrogen and oxygen atoms in total. The molecule has 6 heteroatoms. The van der Waals surface area contributed by atoms with Crippen LogP contribution in [0.2, 0.25) is 0 Å². The average Bonchev–Trinajstić information content (AvgIpc) is 2.92. The summed E-state index contributed by atoms with van der Waals surface area (Å²) < 4.78 is 1.92. The molecule has 1 aromatic carbocycles. The van der Waals surface area contributed by atoms with Crippen LogP contribution < -0.4 is 0 Å². The molecule has 0 saturated carbocycles. The van der Waals surface area contributed by atoms with Gasteiger partial charge in [0.15, 0.2) is 0 Å². The van der Waals surface area contributed by atoms with Gasteiger partial charge in [0.1, 0.15) is 5.65 Å². The zero-order valence-electron chi connectivity index (χ0n) is 12.7. The van der Waals surface area contributed by atoms with Gasteiger partial charge in [0.25, 0.3) is 5.69 Å². The van der Waals surface area contributed by atoms with Crippen molar-refractivity contribution >= 4 is 11.3 Å². The molecule has 0 radical (unpaired) electrons. The highest BCUT2D eigenvalue weighted by atomic mass is 16.6. The minimum atomic E-state index is -0.435. The molecular formula is C17H14N4O2. The molecule has 0 aliphatic carbocycles. The van der Waals surface area contributed by atoms with Crippen LogP contribution in [0.3, 0.4) is 0 Å². The van der Waals surface area contributed by atoms with Crippen LogP contribution >= 0.6 is 0 Å². The fourth-order valence-electron chi connectivity index (χ4n) is 2.60. The first-order chi connectivity index (χ1) is 11.0. The second-order valence-corrected chi connectivity index (χ2v) is 5.44. The Morgan fingerprint density at radius 3 is 2.57 bits per heavy atom. The molecule has 2 aromatic heterocycles. The van der Waals surface area contributed by atoms with Gasteiger partial charge in [0.05, 0.1) is 28.3 Å². The molecule has 2 heterocycles. The Morgan fingerprint density at radius 1 is 1.26 bits per heavy atom. The minimum Gasteiger partial charge on any atom is -0.302 e. The molecule has 3 aromatic rings. The summed E-state index contributed by atoms with van der Waals surface area (Å²) in [5.41, 5.74) is 4.08. The van der Waals surface area contributed by atoms with Gasteiger partial charge in [-0.2, -0.15) is 5.26 Å². The first kappa shape index (κ1) is 14.7. The highest BCUT2D eigenvalue weighted by molar-refractivity contribution is 5.69. The number of hydrogen-bond donors (Lipinski definition) is 0. The number of rotatable bonds is 3. The smallest absolute Gasteiger partial charge is 0.269 e. The van der Waals surface area contributed by atoms with E-state index in [1.165, 1.54) is 12.1 Å². The third-order valence-electron chi connectivity index (χ3n) is 3.76. The lowest BCUT2D eigenvalue weighted by Crippen LogP contribution is -1.99. The van der Waals surface area contributed by atoms with Crippen LogP contribution in [0.25, 0.3) is 16.9 Å². The molecule has 1 unspecified atom stereocenters. The number of nitro groups is 1. The first-order valence-corrected chi connectivity index (χ1v) is 7.14. The van der Waals surface area contributed by atoms with E-state index in [2.05, 4.69) is 11.1 Å². The van der Waals surface area contributed by atoms with Crippen LogP contribution in [0.5, 0.6) is 0 Å². The molecule has 3 rings (SSSR count). The maximum absolute atomic E-state index is 10.8. The highest BCUT2D eigenvalue weighted by Crippen LogP contribution is 2.31. The largest absolute Gasteiger partial charge is 0.302 e. The molecule has 0 aliphatic heterocycles. The van der Waals surface area contributed by atoms with Crippen LogP contribution in [0.4, 0.5) is 5.69 Å². The van der Waals surface area contributed by atoms with Gasteiger partial charge in [0, 0.05) is 23.9 Å². The van der Waals surface area contributed by atoms with E-state index in [9.17, 15) is 15.4 Å². The normalized spacial score (nSPS) is 12.0. The minimum absolute atomic E-state index is 0.0308. The fraction of sp³-hybridized carbons (Fsp3) is 0.176. The second-order valence-electron chi connectivity index (χ2n) is 5.44. The Hall–Kier alpha value is -3.20. The highest BCUT2D eigenvalue weighted by Gasteiger charge is 2.20. The lowest BCUT2D eigenvalue weighted by molar-refractivity contribution is -0.384. The molecule has 0 amide bonds. The maximum atomic E-state index is 10.8. The Kier molecular flexibility index (Phi) is 3.54. The second kappa shape index (κ2) is 5.54. The third-order valence-corrected chi connectivity index (χ3v) is 3.76. The van der Waals surface area contributed by atoms with Gasteiger partial charge in [-0.25, -0.2) is 4.98 Å². The Balaban J connectivity index is 2.24. The summed E-state index contributed by atoms with van der Waals surface area (Å²) in [5.74, 6) is -0.350. The van der Waals surface area contributed by atoms with Crippen LogP contribution in [-0.4, -0.2) is 14.3 Å². The van der Waals surface area contributed by atoms with E-state index in [0.717, 1.165) is 22.5 Å². The van der Waals surface area contributed by atoms with Gasteiger partial charge in [-0.1, -0.05) is 6.07 Å². The van der Waals surface area contributed by atoms with E-state index in [-0.39, 0.29) is 11.6 Å². The van der Waals surface area contributed by atoms with Crippen LogP contribution in [0.1, 0.15) is 24.1 Å². The summed E-state index contributed by atoms with van der Waals surface area (Å²) in [4.78, 5) is 15.0. The van der Waals surface area contributed by atoms with Crippen molar-refractivity contribution in [3.63, 3.8) is 0 Å². The summed E-state index contributed by atoms with van der Waals surface area (Å²) in [5, 5.41) is 20.1. The molecule has 0 saturated heterocycles. The van der Waals surface area contributed by atoms with E-state index >= 15 is 0 Å². The number of hydrogen-bond acceptors (Lipinski definition) is 4. The van der Waals surface area contributed by atoms with Crippen LogP contribution in [-0.2, 0) is 0 Å². The van der Waals surface area contributed by atoms with Gasteiger partial charge >= 0.3 is 0 Å². The number of nitriles is 1. The monoisotopic (exact) mass is 306 g/mol. The van der Waals surface area contributed by atoms with Crippen molar-refractivity contribution in [2.45, 2.75) is 19.8 Å². The summed E-state index contributed by atoms with van der Waals surface area (Å²) in [6.45, 7) is 3.80. The van der Waals surface area contributed by atoms with Gasteiger partial charge in [-0.3, -0.25) is 10.1 Å². The fourth-order valence-corrected chi connectivity index (χ4v) is 2.60. The van der Waals surface area contributed by atoms with E-state index in [0.29, 0.717) is 5.69 Å². The third kappa shape index (κ3) is 2.53. The lowest BCUT2D eigenvalue weighted by Gasteiger charge is -2.07. The SMILES string of the molecule is Cc1ccc2nc(-c3ccc([N+](=O)[O-])cc3)c(C(C)C#N)n2c1. The predicted octanol–water partition coefficient (Wildman–Crippen LogP) is 3.85. The molecular weight excluding hydrogens is 292 g/mol. The number of aryl methyl sites for hydroxylation is 1. The summed E-state index contributed by atoms with van der Waals surface area (Å²) >= 11 is 0. The quantitative estimate of drug-likeness (QED) is 0.543. The molecule has 114 valence electrons. The number of imidazole rings is 1. The van der Waals surface area contributed by atoms with E-state index in [1.54, 1.807) is 12.1 Å². The van der Waals surface area contributed by atoms with Crippen molar-refractivity contribution in [3.05, 3.63) is 64.0 Å². The zero-order chi connectivity index (χ0) is 16.6. The van der Waals surface area contributed by atoms with Crippen LogP contribution in [0.15, 0.2) is 42.6 Å². The topological polar surface area (TPSA) is 84.2 Å². The van der Waals surface area contributed by atoms with Gasteiger partial charge < -0.3 is 4.40 Å². The van der Waals surface area contributed by atoms with E-state index in [1.807, 2.05) is 36.6 Å². The standard InChI is InChI=1S/C17H14N4O2/c1-11-3-8-15-19-16(17(12(2)9-18)20(15)10-11)13-4-6-14(7-5-13)21(22)23/h3-8,10,12H,1-2H3. The van der Waals surface area contributed by atoms with Gasteiger partial charge in [-0.15, -0.1) is 0 Å². The van der Waals surface area contributed by atoms with Crippen molar-refractivity contribution in [2.24, 2.45) is 0 Å². The van der Waals surface area contributed by atoms with E-state index in [4.69, 9.17) is 0 Å². The number of aromatic nitrogens is 2. The summed E-state index contributed by atoms with van der Waals surface area (Å²) in [7, 11) is 0. The number of non-ortho nitro benzene ring substituents is 1. The van der Waals surface area contributed by atoms with Crippen molar-refractivity contribution in [3.8, 4) is 17.3 Å². The maximum Gasteiger partial charge on any atom is 0.269 e. The van der Waals surface area contributed by atoms with Crippen molar-refractivity contribution < 1.29 is 4.92 Å². The molecule has 0 fully saturated rings. The van der Waals surface area contributed by atoms with Crippen LogP contribution in [0, 0.1) is 28.4 Å².